The summed E-state index contributed by atoms with van der Waals surface area (Å²) in [5.74, 6) is 1.38. The van der Waals surface area contributed by atoms with Crippen molar-refractivity contribution < 1.29 is 8.42 Å². The number of sulfone groups is 1. The molecule has 1 fully saturated rings. The second-order valence-corrected chi connectivity index (χ2v) is 6.92. The maximum absolute atomic E-state index is 11.3. The number of nitrogens with two attached hydrogens (primary N) is 1. The lowest BCUT2D eigenvalue weighted by Gasteiger charge is -2.25. The highest BCUT2D eigenvalue weighted by Gasteiger charge is 2.37. The zero-order chi connectivity index (χ0) is 10.8. The first kappa shape index (κ1) is 12.3. The van der Waals surface area contributed by atoms with E-state index < -0.39 is 9.84 Å². The van der Waals surface area contributed by atoms with Crippen molar-refractivity contribution in [2.45, 2.75) is 12.1 Å². The third-order valence-electron chi connectivity index (χ3n) is 2.58. The third-order valence-corrected chi connectivity index (χ3v) is 4.91. The van der Waals surface area contributed by atoms with Crippen molar-refractivity contribution in [3.05, 3.63) is 0 Å². The van der Waals surface area contributed by atoms with Crippen molar-refractivity contribution in [3.63, 3.8) is 0 Å². The predicted molar refractivity (Wildman–Crippen MR) is 61.4 cm³/mol. The molecule has 2 unspecified atom stereocenters. The van der Waals surface area contributed by atoms with Crippen LogP contribution in [0, 0.1) is 0 Å². The van der Waals surface area contributed by atoms with E-state index in [2.05, 4.69) is 4.90 Å². The Labute approximate surface area is 90.1 Å². The maximum Gasteiger partial charge on any atom is 0.153 e. The molecule has 6 heteroatoms. The number of thioether (sulfide) groups is 1. The Kier molecular flexibility index (Phi) is 4.24. The van der Waals surface area contributed by atoms with Gasteiger partial charge in [0.25, 0.3) is 0 Å². The summed E-state index contributed by atoms with van der Waals surface area (Å²) >= 11 is 1.76. The molecule has 0 radical (unpaired) electrons. The van der Waals surface area contributed by atoms with Gasteiger partial charge in [0.15, 0.2) is 9.84 Å². The van der Waals surface area contributed by atoms with Gasteiger partial charge in [-0.2, -0.15) is 11.8 Å². The number of likely N-dealkylation sites (N-methyl/N-ethyl adjacent to an activating group) is 1. The van der Waals surface area contributed by atoms with Crippen LogP contribution in [0.4, 0.5) is 0 Å². The molecule has 1 rings (SSSR count). The minimum Gasteiger partial charge on any atom is -0.325 e. The predicted octanol–water partition coefficient (Wildman–Crippen LogP) is -0.594. The first-order valence-electron chi connectivity index (χ1n) is 4.61. The molecule has 4 nitrogen and oxygen atoms in total. The van der Waals surface area contributed by atoms with Crippen molar-refractivity contribution in [3.8, 4) is 0 Å². The van der Waals surface area contributed by atoms with Gasteiger partial charge in [-0.25, -0.2) is 8.42 Å². The molecule has 0 amide bonds. The summed E-state index contributed by atoms with van der Waals surface area (Å²) in [6, 6.07) is -0.209. The molecule has 0 aromatic heterocycles. The zero-order valence-electron chi connectivity index (χ0n) is 8.64. The van der Waals surface area contributed by atoms with Crippen LogP contribution in [0.3, 0.4) is 0 Å². The highest BCUT2D eigenvalue weighted by Crippen LogP contribution is 2.15. The van der Waals surface area contributed by atoms with Gasteiger partial charge in [0.2, 0.25) is 0 Å². The molecule has 14 heavy (non-hydrogen) atoms. The van der Waals surface area contributed by atoms with Gasteiger partial charge in [-0.15, -0.1) is 0 Å². The minimum atomic E-state index is -2.89. The molecule has 1 aliphatic heterocycles. The van der Waals surface area contributed by atoms with Crippen LogP contribution in [-0.2, 0) is 9.84 Å². The Hall–Kier alpha value is 0.220. The van der Waals surface area contributed by atoms with E-state index in [1.807, 2.05) is 13.3 Å². The second-order valence-electron chi connectivity index (χ2n) is 3.78. The number of nitrogens with zero attached hydrogens (tertiary/aromatic N) is 1. The quantitative estimate of drug-likeness (QED) is 0.709. The molecule has 0 bridgehead atoms. The van der Waals surface area contributed by atoms with Crippen molar-refractivity contribution in [1.29, 1.82) is 0 Å². The second kappa shape index (κ2) is 4.83. The van der Waals surface area contributed by atoms with Crippen LogP contribution in [0.25, 0.3) is 0 Å². The highest BCUT2D eigenvalue weighted by atomic mass is 32.2. The van der Waals surface area contributed by atoms with Gasteiger partial charge in [0.1, 0.15) is 0 Å². The molecular formula is C8H18N2O2S2. The van der Waals surface area contributed by atoms with Gasteiger partial charge >= 0.3 is 0 Å². The van der Waals surface area contributed by atoms with Crippen molar-refractivity contribution in [2.75, 3.05) is 37.1 Å². The summed E-state index contributed by atoms with van der Waals surface area (Å²) in [6.07, 6.45) is 2.04. The van der Waals surface area contributed by atoms with E-state index in [1.54, 1.807) is 11.8 Å². The molecule has 0 aromatic carbocycles. The Bertz CT molecular complexity index is 279. The number of hydrogen-bond acceptors (Lipinski definition) is 5. The fraction of sp³-hybridized carbons (Fsp3) is 1.00. The van der Waals surface area contributed by atoms with Gasteiger partial charge in [0.05, 0.1) is 11.5 Å². The van der Waals surface area contributed by atoms with Crippen LogP contribution in [-0.4, -0.2) is 62.5 Å². The van der Waals surface area contributed by atoms with Crippen LogP contribution in [0.15, 0.2) is 0 Å². The summed E-state index contributed by atoms with van der Waals surface area (Å²) in [5.41, 5.74) is 5.80. The highest BCUT2D eigenvalue weighted by molar-refractivity contribution is 7.98. The summed E-state index contributed by atoms with van der Waals surface area (Å²) in [6.45, 7) is 0.898. The molecule has 2 N–H and O–H groups in total. The van der Waals surface area contributed by atoms with Crippen molar-refractivity contribution >= 4 is 21.6 Å². The molecule has 2 atom stereocenters. The number of rotatable bonds is 4. The van der Waals surface area contributed by atoms with Gasteiger partial charge in [-0.05, 0) is 13.3 Å². The van der Waals surface area contributed by atoms with Gasteiger partial charge in [-0.1, -0.05) is 0 Å². The van der Waals surface area contributed by atoms with Gasteiger partial charge in [-0.3, -0.25) is 0 Å². The van der Waals surface area contributed by atoms with E-state index in [4.69, 9.17) is 5.73 Å². The first-order valence-corrected chi connectivity index (χ1v) is 7.83. The average Bonchev–Trinajstić information content (AvgIpc) is 2.35. The van der Waals surface area contributed by atoms with Gasteiger partial charge < -0.3 is 10.6 Å². The van der Waals surface area contributed by atoms with E-state index >= 15 is 0 Å². The summed E-state index contributed by atoms with van der Waals surface area (Å²) in [4.78, 5) is 2.06. The van der Waals surface area contributed by atoms with Crippen LogP contribution >= 0.6 is 11.8 Å². The van der Waals surface area contributed by atoms with E-state index in [-0.39, 0.29) is 23.6 Å². The monoisotopic (exact) mass is 238 g/mol. The van der Waals surface area contributed by atoms with E-state index in [9.17, 15) is 8.42 Å². The maximum atomic E-state index is 11.3. The van der Waals surface area contributed by atoms with Crippen molar-refractivity contribution in [1.82, 2.24) is 4.90 Å². The molecule has 0 aromatic rings. The largest absolute Gasteiger partial charge is 0.325 e. The van der Waals surface area contributed by atoms with Crippen molar-refractivity contribution in [2.24, 2.45) is 5.73 Å². The van der Waals surface area contributed by atoms with Crippen LogP contribution in [0.2, 0.25) is 0 Å². The fourth-order valence-corrected chi connectivity index (χ4v) is 4.15. The standard InChI is InChI=1S/C8H18N2O2S2/c1-10(3-4-13-2)8-6-14(11,12)5-7(8)9/h7-8H,3-6,9H2,1-2H3. The lowest BCUT2D eigenvalue weighted by molar-refractivity contribution is 0.258. The van der Waals surface area contributed by atoms with Crippen LogP contribution in [0.5, 0.6) is 0 Å². The smallest absolute Gasteiger partial charge is 0.153 e. The molecule has 0 spiro atoms. The molecular weight excluding hydrogens is 220 g/mol. The third kappa shape index (κ3) is 3.12. The lowest BCUT2D eigenvalue weighted by atomic mass is 10.1. The van der Waals surface area contributed by atoms with E-state index in [0.717, 1.165) is 12.3 Å². The Balaban J connectivity index is 2.52. The number of hydrogen-bond donors (Lipinski definition) is 1. The topological polar surface area (TPSA) is 63.4 Å². The fourth-order valence-electron chi connectivity index (χ4n) is 1.71. The van der Waals surface area contributed by atoms with E-state index in [0.29, 0.717) is 0 Å². The molecule has 84 valence electrons. The zero-order valence-corrected chi connectivity index (χ0v) is 10.3. The van der Waals surface area contributed by atoms with Crippen LogP contribution in [0.1, 0.15) is 0 Å². The normalized spacial score (nSPS) is 31.1. The Morgan fingerprint density at radius 1 is 1.50 bits per heavy atom. The summed E-state index contributed by atoms with van der Waals surface area (Å²) < 4.78 is 22.6. The molecule has 0 saturated carbocycles. The van der Waals surface area contributed by atoms with Gasteiger partial charge in [0, 0.05) is 24.4 Å². The summed E-state index contributed by atoms with van der Waals surface area (Å²) in [5, 5.41) is 0. The van der Waals surface area contributed by atoms with Crippen LogP contribution < -0.4 is 5.73 Å². The van der Waals surface area contributed by atoms with E-state index in [1.165, 1.54) is 0 Å². The molecule has 1 heterocycles. The minimum absolute atomic E-state index is 0.00662. The Morgan fingerprint density at radius 2 is 2.14 bits per heavy atom. The first-order chi connectivity index (χ1) is 6.46. The Morgan fingerprint density at radius 3 is 2.57 bits per heavy atom. The summed E-state index contributed by atoms with van der Waals surface area (Å²) in [7, 11) is -0.942. The molecule has 0 aliphatic carbocycles. The molecule has 1 aliphatic rings. The average molecular weight is 238 g/mol. The molecule has 1 saturated heterocycles. The SMILES string of the molecule is CSCCN(C)C1CS(=O)(=O)CC1N. The lowest BCUT2D eigenvalue weighted by Crippen LogP contribution is -2.45.